The molecule has 112 valence electrons. The van der Waals surface area contributed by atoms with Gasteiger partial charge in [-0.25, -0.2) is 0 Å². The molecule has 0 saturated heterocycles. The summed E-state index contributed by atoms with van der Waals surface area (Å²) >= 11 is 3.83. The molecule has 0 saturated carbocycles. The maximum Gasteiger partial charge on any atom is 0.0409 e. The molecule has 0 fully saturated rings. The summed E-state index contributed by atoms with van der Waals surface area (Å²) in [5, 5.41) is 0. The van der Waals surface area contributed by atoms with E-state index in [2.05, 4.69) is 79.7 Å². The van der Waals surface area contributed by atoms with Crippen molar-refractivity contribution >= 4 is 28.0 Å². The van der Waals surface area contributed by atoms with Crippen LogP contribution >= 0.6 is 23.1 Å². The van der Waals surface area contributed by atoms with Crippen LogP contribution in [0.15, 0.2) is 29.2 Å². The van der Waals surface area contributed by atoms with Crippen LogP contribution in [0.25, 0.3) is 4.91 Å². The van der Waals surface area contributed by atoms with Gasteiger partial charge in [0.2, 0.25) is 0 Å². The summed E-state index contributed by atoms with van der Waals surface area (Å²) in [6.07, 6.45) is 4.48. The van der Waals surface area contributed by atoms with Crippen LogP contribution in [0.5, 0.6) is 0 Å². The number of thiophene rings is 1. The van der Waals surface area contributed by atoms with Crippen molar-refractivity contribution in [1.82, 2.24) is 0 Å². The van der Waals surface area contributed by atoms with Gasteiger partial charge < -0.3 is 0 Å². The van der Waals surface area contributed by atoms with Crippen molar-refractivity contribution in [3.8, 4) is 0 Å². The van der Waals surface area contributed by atoms with Crippen molar-refractivity contribution in [2.75, 3.05) is 0 Å². The Morgan fingerprint density at radius 3 is 1.95 bits per heavy atom. The minimum absolute atomic E-state index is 0.206. The van der Waals surface area contributed by atoms with Gasteiger partial charge in [-0.05, 0) is 41.7 Å². The molecule has 1 aromatic rings. The smallest absolute Gasteiger partial charge is 0.0409 e. The van der Waals surface area contributed by atoms with Crippen LogP contribution in [0.2, 0.25) is 0 Å². The Morgan fingerprint density at radius 1 is 1.00 bits per heavy atom. The summed E-state index contributed by atoms with van der Waals surface area (Å²) in [6, 6.07) is 4.54. The van der Waals surface area contributed by atoms with Gasteiger partial charge in [0.05, 0.1) is 0 Å². The summed E-state index contributed by atoms with van der Waals surface area (Å²) in [5.74, 6) is 0. The first kappa shape index (κ1) is 17.6. The molecule has 1 rings (SSSR count). The van der Waals surface area contributed by atoms with E-state index in [1.54, 1.807) is 0 Å². The Morgan fingerprint density at radius 2 is 1.60 bits per heavy atom. The van der Waals surface area contributed by atoms with Crippen molar-refractivity contribution in [1.29, 1.82) is 0 Å². The van der Waals surface area contributed by atoms with Crippen molar-refractivity contribution in [2.24, 2.45) is 5.41 Å². The fraction of sp³-hybridized carbons (Fsp3) is 0.556. The van der Waals surface area contributed by atoms with Crippen LogP contribution < -0.4 is 0 Å². The van der Waals surface area contributed by atoms with Gasteiger partial charge >= 0.3 is 0 Å². The van der Waals surface area contributed by atoms with Gasteiger partial charge in [-0.1, -0.05) is 65.5 Å². The van der Waals surface area contributed by atoms with E-state index >= 15 is 0 Å². The molecule has 0 unspecified atom stereocenters. The highest BCUT2D eigenvalue weighted by molar-refractivity contribution is 8.12. The maximum absolute atomic E-state index is 2.28. The molecule has 0 aliphatic heterocycles. The first-order valence-corrected chi connectivity index (χ1v) is 8.84. The molecule has 0 atom stereocenters. The summed E-state index contributed by atoms with van der Waals surface area (Å²) in [7, 11) is 0. The van der Waals surface area contributed by atoms with Crippen LogP contribution in [-0.4, -0.2) is 0 Å². The zero-order chi connectivity index (χ0) is 15.6. The standard InChI is InChI=1S/C18H28S2/c1-9-13(19-15(10-2)17(3,4)5)14-11-12-16(20-14)18(6,7)8/h9-12H,1-8H3/b13-9-,15-10-. The molecule has 0 radical (unpaired) electrons. The Bertz CT molecular complexity index is 502. The number of hydrogen-bond acceptors (Lipinski definition) is 2. The van der Waals surface area contributed by atoms with Gasteiger partial charge in [0.1, 0.15) is 0 Å². The minimum Gasteiger partial charge on any atom is -0.139 e. The first-order chi connectivity index (χ1) is 9.09. The molecule has 0 nitrogen and oxygen atoms in total. The molecule has 2 heteroatoms. The van der Waals surface area contributed by atoms with Gasteiger partial charge in [0.15, 0.2) is 0 Å². The second-order valence-corrected chi connectivity index (χ2v) is 9.24. The number of thioether (sulfide) groups is 1. The molecule has 0 aliphatic carbocycles. The summed E-state index contributed by atoms with van der Waals surface area (Å²) in [6.45, 7) is 17.9. The maximum atomic E-state index is 2.28. The van der Waals surface area contributed by atoms with Gasteiger partial charge in [0.25, 0.3) is 0 Å². The summed E-state index contributed by atoms with van der Waals surface area (Å²) < 4.78 is 0. The zero-order valence-corrected chi connectivity index (χ0v) is 15.8. The van der Waals surface area contributed by atoms with Gasteiger partial charge in [0, 0.05) is 14.7 Å². The predicted molar refractivity (Wildman–Crippen MR) is 97.5 cm³/mol. The monoisotopic (exact) mass is 308 g/mol. The first-order valence-electron chi connectivity index (χ1n) is 7.21. The highest BCUT2D eigenvalue weighted by Gasteiger charge is 2.21. The molecule has 1 aromatic heterocycles. The lowest BCUT2D eigenvalue weighted by Crippen LogP contribution is -2.07. The Labute approximate surface area is 133 Å². The molecule has 0 bridgehead atoms. The van der Waals surface area contributed by atoms with Crippen LogP contribution in [-0.2, 0) is 5.41 Å². The molecular formula is C18H28S2. The molecular weight excluding hydrogens is 280 g/mol. The molecule has 0 amide bonds. The van der Waals surface area contributed by atoms with Crippen LogP contribution in [0.1, 0.15) is 65.1 Å². The van der Waals surface area contributed by atoms with E-state index in [4.69, 9.17) is 0 Å². The second kappa shape index (κ2) is 6.53. The lowest BCUT2D eigenvalue weighted by Gasteiger charge is -2.23. The number of hydrogen-bond donors (Lipinski definition) is 0. The Hall–Kier alpha value is -0.470. The third-order valence-electron chi connectivity index (χ3n) is 3.07. The third kappa shape index (κ3) is 4.53. The topological polar surface area (TPSA) is 0 Å². The molecule has 0 spiro atoms. The second-order valence-electron chi connectivity index (χ2n) is 7.07. The van der Waals surface area contributed by atoms with E-state index in [0.717, 1.165) is 0 Å². The molecule has 0 N–H and O–H groups in total. The molecule has 20 heavy (non-hydrogen) atoms. The van der Waals surface area contributed by atoms with Crippen molar-refractivity contribution < 1.29 is 0 Å². The largest absolute Gasteiger partial charge is 0.139 e. The SMILES string of the molecule is C/C=C(\S/C(=C\C)C(C)(C)C)c1ccc(C(C)(C)C)s1. The number of allylic oxidation sites excluding steroid dienone is 3. The van der Waals surface area contributed by atoms with Crippen molar-refractivity contribution in [3.05, 3.63) is 38.9 Å². The quantitative estimate of drug-likeness (QED) is 0.574. The third-order valence-corrected chi connectivity index (χ3v) is 6.49. The lowest BCUT2D eigenvalue weighted by molar-refractivity contribution is 0.533. The highest BCUT2D eigenvalue weighted by atomic mass is 32.2. The predicted octanol–water partition coefficient (Wildman–Crippen LogP) is 7.09. The molecule has 0 aromatic carbocycles. The fourth-order valence-electron chi connectivity index (χ4n) is 1.89. The molecule has 1 heterocycles. The van der Waals surface area contributed by atoms with E-state index < -0.39 is 0 Å². The Balaban J connectivity index is 3.02. The zero-order valence-electron chi connectivity index (χ0n) is 14.1. The van der Waals surface area contributed by atoms with E-state index in [0.29, 0.717) is 0 Å². The average molecular weight is 309 g/mol. The lowest BCUT2D eigenvalue weighted by atomic mass is 9.95. The fourth-order valence-corrected chi connectivity index (χ4v) is 4.12. The van der Waals surface area contributed by atoms with E-state index in [1.165, 1.54) is 19.6 Å². The molecule has 0 aliphatic rings. The van der Waals surface area contributed by atoms with E-state index in [1.807, 2.05) is 23.1 Å². The summed E-state index contributed by atoms with van der Waals surface area (Å²) in [5.41, 5.74) is 0.442. The van der Waals surface area contributed by atoms with Gasteiger partial charge in [-0.15, -0.1) is 11.3 Å². The van der Waals surface area contributed by atoms with E-state index in [9.17, 15) is 0 Å². The average Bonchev–Trinajstić information content (AvgIpc) is 2.77. The van der Waals surface area contributed by atoms with Crippen LogP contribution in [0.4, 0.5) is 0 Å². The van der Waals surface area contributed by atoms with Crippen molar-refractivity contribution in [3.63, 3.8) is 0 Å². The van der Waals surface area contributed by atoms with E-state index in [-0.39, 0.29) is 10.8 Å². The van der Waals surface area contributed by atoms with Gasteiger partial charge in [-0.3, -0.25) is 0 Å². The van der Waals surface area contributed by atoms with Crippen LogP contribution in [0.3, 0.4) is 0 Å². The highest BCUT2D eigenvalue weighted by Crippen LogP contribution is 2.45. The minimum atomic E-state index is 0.206. The van der Waals surface area contributed by atoms with Crippen molar-refractivity contribution in [2.45, 2.75) is 60.8 Å². The Kier molecular flexibility index (Phi) is 5.74. The summed E-state index contributed by atoms with van der Waals surface area (Å²) in [4.78, 5) is 5.63. The van der Waals surface area contributed by atoms with Crippen LogP contribution in [0, 0.1) is 5.41 Å². The van der Waals surface area contributed by atoms with Gasteiger partial charge in [-0.2, -0.15) is 0 Å². The number of rotatable bonds is 3. The normalized spacial score (nSPS) is 14.8.